The van der Waals surface area contributed by atoms with E-state index in [1.165, 1.54) is 0 Å². The summed E-state index contributed by atoms with van der Waals surface area (Å²) >= 11 is 12.5. The third-order valence-electron chi connectivity index (χ3n) is 3.46. The quantitative estimate of drug-likeness (QED) is 0.872. The van der Waals surface area contributed by atoms with Crippen molar-refractivity contribution in [3.05, 3.63) is 51.8 Å². The van der Waals surface area contributed by atoms with Crippen molar-refractivity contribution in [1.29, 1.82) is 0 Å². The number of halogens is 2. The second-order valence-electron chi connectivity index (χ2n) is 4.78. The average Bonchev–Trinajstić information content (AvgIpc) is 2.86. The van der Waals surface area contributed by atoms with E-state index < -0.39 is 0 Å². The maximum Gasteiger partial charge on any atom is 0.354 e. The molecule has 0 spiro atoms. The summed E-state index contributed by atoms with van der Waals surface area (Å²) in [6.07, 6.45) is 1.61. The van der Waals surface area contributed by atoms with Crippen LogP contribution in [-0.4, -0.2) is 16.2 Å². The number of hydrogen-bond acceptors (Lipinski definition) is 6. The zero-order valence-electron chi connectivity index (χ0n) is 11.6. The smallest absolute Gasteiger partial charge is 0.334 e. The first kappa shape index (κ1) is 14.8. The molecule has 1 aromatic heterocycles. The molecule has 0 aliphatic carbocycles. The first-order valence-electron chi connectivity index (χ1n) is 6.41. The number of hydrogen-bond donors (Lipinski definition) is 1. The van der Waals surface area contributed by atoms with Gasteiger partial charge in [-0.1, -0.05) is 33.9 Å². The Morgan fingerprint density at radius 1 is 1.23 bits per heavy atom. The third-order valence-corrected chi connectivity index (χ3v) is 4.27. The maximum atomic E-state index is 6.35. The van der Waals surface area contributed by atoms with Gasteiger partial charge in [0.2, 0.25) is 0 Å². The summed E-state index contributed by atoms with van der Waals surface area (Å²) in [7, 11) is 0. The van der Waals surface area contributed by atoms with Gasteiger partial charge in [-0.3, -0.25) is 0 Å². The molecule has 0 amide bonds. The molecule has 7 nitrogen and oxygen atoms in total. The van der Waals surface area contributed by atoms with Crippen molar-refractivity contribution >= 4 is 34.8 Å². The minimum Gasteiger partial charge on any atom is -0.334 e. The molecule has 1 atom stereocenters. The van der Waals surface area contributed by atoms with Gasteiger partial charge in [0.15, 0.2) is 5.69 Å². The summed E-state index contributed by atoms with van der Waals surface area (Å²) < 4.78 is -0.175. The summed E-state index contributed by atoms with van der Waals surface area (Å²) in [6, 6.07) is 7.12. The van der Waals surface area contributed by atoms with Gasteiger partial charge >= 0.3 is 5.96 Å². The van der Waals surface area contributed by atoms with Crippen molar-refractivity contribution < 1.29 is 0 Å². The highest BCUT2D eigenvalue weighted by molar-refractivity contribution is 6.43. The van der Waals surface area contributed by atoms with Crippen molar-refractivity contribution in [3.8, 4) is 0 Å². The molecular weight excluding hydrogens is 325 g/mol. The van der Waals surface area contributed by atoms with Gasteiger partial charge in [-0.25, -0.2) is 0 Å². The molecule has 2 heterocycles. The van der Waals surface area contributed by atoms with Crippen LogP contribution in [0.5, 0.6) is 0 Å². The van der Waals surface area contributed by atoms with Crippen LogP contribution in [0.1, 0.15) is 11.3 Å². The number of benzene rings is 1. The first-order chi connectivity index (χ1) is 10.5. The minimum absolute atomic E-state index is 0.175. The van der Waals surface area contributed by atoms with Crippen LogP contribution in [0.3, 0.4) is 0 Å². The molecule has 1 aromatic carbocycles. The number of nitrogens with zero attached hydrogens (tertiary/aromatic N) is 6. The van der Waals surface area contributed by atoms with Crippen LogP contribution in [0, 0.1) is 6.92 Å². The molecular formula is C13H12Cl2N7+. The molecule has 0 radical (unpaired) electrons. The number of aromatic nitrogens is 2. The Morgan fingerprint density at radius 2 is 2.05 bits per heavy atom. The van der Waals surface area contributed by atoms with Crippen LogP contribution >= 0.6 is 23.2 Å². The number of quaternary nitrogens is 1. The Bertz CT molecular complexity index is 790. The monoisotopic (exact) mass is 336 g/mol. The molecule has 0 saturated carbocycles. The zero-order chi connectivity index (χ0) is 15.7. The summed E-state index contributed by atoms with van der Waals surface area (Å²) in [5.41, 5.74) is 8.34. The van der Waals surface area contributed by atoms with Crippen LogP contribution in [0.2, 0.25) is 10.0 Å². The van der Waals surface area contributed by atoms with Crippen LogP contribution in [0.25, 0.3) is 0 Å². The Balaban J connectivity index is 2.15. The van der Waals surface area contributed by atoms with Crippen molar-refractivity contribution in [2.24, 2.45) is 21.3 Å². The Hall–Kier alpha value is -2.09. The summed E-state index contributed by atoms with van der Waals surface area (Å²) in [5.74, 6) is 0.209. The van der Waals surface area contributed by atoms with Crippen LogP contribution < -0.4 is 10.3 Å². The van der Waals surface area contributed by atoms with E-state index >= 15 is 0 Å². The lowest BCUT2D eigenvalue weighted by Gasteiger charge is -2.26. The van der Waals surface area contributed by atoms with Gasteiger partial charge in [0.1, 0.15) is 11.6 Å². The van der Waals surface area contributed by atoms with Gasteiger partial charge in [0, 0.05) is 16.9 Å². The predicted octanol–water partition coefficient (Wildman–Crippen LogP) is 3.21. The second-order valence-corrected chi connectivity index (χ2v) is 5.56. The van der Waals surface area contributed by atoms with Crippen molar-refractivity contribution in [3.63, 3.8) is 0 Å². The number of nitrogens with two attached hydrogens (primary N) is 1. The normalized spacial score (nSPS) is 20.2. The van der Waals surface area contributed by atoms with Crippen molar-refractivity contribution in [2.75, 3.05) is 0 Å². The Morgan fingerprint density at radius 3 is 2.73 bits per heavy atom. The van der Waals surface area contributed by atoms with Gasteiger partial charge < -0.3 is 5.73 Å². The predicted molar refractivity (Wildman–Crippen MR) is 85.2 cm³/mol. The fraction of sp³-hybridized carbons (Fsp3) is 0.154. The molecule has 22 heavy (non-hydrogen) atoms. The van der Waals surface area contributed by atoms with E-state index in [2.05, 4.69) is 25.7 Å². The SMILES string of the molecule is Cc1nnccc1C[N@+]1(c2cccc(Cl)c2Cl)N=NN=C1N. The lowest BCUT2D eigenvalue weighted by molar-refractivity contribution is 0.412. The lowest BCUT2D eigenvalue weighted by atomic mass is 10.2. The first-order valence-corrected chi connectivity index (χ1v) is 7.16. The minimum atomic E-state index is -0.175. The molecule has 2 aromatic rings. The van der Waals surface area contributed by atoms with Gasteiger partial charge in [-0.15, -0.1) is 0 Å². The summed E-state index contributed by atoms with van der Waals surface area (Å²) in [4.78, 5) is 0. The summed E-state index contributed by atoms with van der Waals surface area (Å²) in [5, 5.41) is 20.4. The van der Waals surface area contributed by atoms with Gasteiger partial charge in [0.05, 0.1) is 22.1 Å². The van der Waals surface area contributed by atoms with Gasteiger partial charge in [-0.2, -0.15) is 10.2 Å². The number of guanidine groups is 1. The molecule has 112 valence electrons. The van der Waals surface area contributed by atoms with Gasteiger partial charge in [0.25, 0.3) is 0 Å². The topological polar surface area (TPSA) is 88.9 Å². The fourth-order valence-corrected chi connectivity index (χ4v) is 2.68. The zero-order valence-corrected chi connectivity index (χ0v) is 13.1. The molecule has 1 aliphatic heterocycles. The van der Waals surface area contributed by atoms with Crippen LogP contribution in [-0.2, 0) is 6.54 Å². The maximum absolute atomic E-state index is 6.35. The Kier molecular flexibility index (Phi) is 3.78. The van der Waals surface area contributed by atoms with E-state index in [-0.39, 0.29) is 10.6 Å². The number of rotatable bonds is 3. The highest BCUT2D eigenvalue weighted by atomic mass is 35.5. The highest BCUT2D eigenvalue weighted by Gasteiger charge is 2.44. The molecule has 0 unspecified atom stereocenters. The summed E-state index contributed by atoms with van der Waals surface area (Å²) in [6.45, 7) is 2.22. The standard InChI is InChI=1S/C13H12Cl2N7/c1-8-9(5-6-17-18-8)7-22(13(16)19-20-21-22)11-4-2-3-10(14)12(11)15/h2-6H,7H2,1H3,(H2,16,19,21)/q+1/t22-/m1/s1. The van der Waals surface area contributed by atoms with Crippen LogP contribution in [0.15, 0.2) is 46.0 Å². The van der Waals surface area contributed by atoms with Crippen molar-refractivity contribution in [2.45, 2.75) is 13.5 Å². The number of aryl methyl sites for hydroxylation is 1. The molecule has 0 saturated heterocycles. The average molecular weight is 337 g/mol. The molecule has 0 bridgehead atoms. The van der Waals surface area contributed by atoms with E-state index in [1.54, 1.807) is 24.4 Å². The lowest BCUT2D eigenvalue weighted by Crippen LogP contribution is -2.51. The van der Waals surface area contributed by atoms with E-state index in [9.17, 15) is 0 Å². The molecule has 3 rings (SSSR count). The molecule has 1 aliphatic rings. The second kappa shape index (κ2) is 5.60. The van der Waals surface area contributed by atoms with E-state index in [4.69, 9.17) is 28.9 Å². The fourth-order valence-electron chi connectivity index (χ4n) is 2.24. The van der Waals surface area contributed by atoms with Crippen molar-refractivity contribution in [1.82, 2.24) is 14.8 Å². The molecule has 9 heteroatoms. The van der Waals surface area contributed by atoms with E-state index in [0.717, 1.165) is 11.3 Å². The van der Waals surface area contributed by atoms with Gasteiger partial charge in [-0.05, 0) is 24.2 Å². The largest absolute Gasteiger partial charge is 0.354 e. The Labute approximate surface area is 136 Å². The molecule has 0 fully saturated rings. The van der Waals surface area contributed by atoms with E-state index in [0.29, 0.717) is 22.3 Å². The molecule has 2 N–H and O–H groups in total. The third kappa shape index (κ3) is 2.33. The highest BCUT2D eigenvalue weighted by Crippen LogP contribution is 2.39. The van der Waals surface area contributed by atoms with E-state index in [1.807, 2.05) is 13.0 Å². The van der Waals surface area contributed by atoms with Crippen LogP contribution in [0.4, 0.5) is 5.69 Å².